The van der Waals surface area contributed by atoms with Crippen molar-refractivity contribution in [3.63, 3.8) is 0 Å². The molecule has 0 aliphatic heterocycles. The summed E-state index contributed by atoms with van der Waals surface area (Å²) in [6.07, 6.45) is 78.4. The number of carbonyl (C=O) groups excluding carboxylic acids is 3. The van der Waals surface area contributed by atoms with Crippen molar-refractivity contribution in [1.82, 2.24) is 0 Å². The van der Waals surface area contributed by atoms with Gasteiger partial charge in [-0.15, -0.1) is 0 Å². The van der Waals surface area contributed by atoms with Gasteiger partial charge in [-0.1, -0.05) is 234 Å². The minimum absolute atomic E-state index is 0.112. The van der Waals surface area contributed by atoms with E-state index in [1.165, 1.54) is 154 Å². The first kappa shape index (κ1) is 67.3. The molecule has 0 spiro atoms. The molecule has 6 heteroatoms. The average Bonchev–Trinajstić information content (AvgIpc) is 3.37. The predicted octanol–water partition coefficient (Wildman–Crippen LogP) is 20.1. The van der Waals surface area contributed by atoms with Gasteiger partial charge in [0, 0.05) is 19.3 Å². The van der Waals surface area contributed by atoms with Crippen molar-refractivity contribution in [1.29, 1.82) is 0 Å². The standard InChI is InChI=1S/C65H110O6/c1-4-7-10-13-16-19-22-25-28-30-31-32-33-35-37-40-43-46-49-52-55-58-64(67)70-61-62(60-69-63(66)57-54-51-48-45-42-39-36-27-24-21-18-15-12-9-6-3)71-65(68)59-56-53-50-47-44-41-38-34-29-26-23-20-17-14-11-8-5-2/h17-18,20-21,25-29,36,38,41-42,45,47,50,62H,4-16,19,22-24,30-35,37,39-40,43-44,46,48-49,51-61H2,1-3H3/b20-17-,21-18-,28-25-,29-26-,36-27-,41-38-,45-42-,50-47-/t62-/m1/s1. The van der Waals surface area contributed by atoms with E-state index in [0.29, 0.717) is 19.3 Å². The summed E-state index contributed by atoms with van der Waals surface area (Å²) >= 11 is 0. The Balaban J connectivity index is 4.48. The predicted molar refractivity (Wildman–Crippen MR) is 307 cm³/mol. The Kier molecular flexibility index (Phi) is 55.9. The molecule has 6 nitrogen and oxygen atoms in total. The van der Waals surface area contributed by atoms with Gasteiger partial charge in [-0.05, 0) is 122 Å². The van der Waals surface area contributed by atoms with Crippen molar-refractivity contribution in [2.75, 3.05) is 13.2 Å². The Morgan fingerprint density at radius 2 is 0.521 bits per heavy atom. The molecule has 0 saturated heterocycles. The smallest absolute Gasteiger partial charge is 0.306 e. The van der Waals surface area contributed by atoms with Crippen molar-refractivity contribution in [2.45, 2.75) is 284 Å². The van der Waals surface area contributed by atoms with Crippen molar-refractivity contribution < 1.29 is 28.6 Å². The lowest BCUT2D eigenvalue weighted by atomic mass is 10.0. The molecule has 0 N–H and O–H groups in total. The average molecular weight is 988 g/mol. The van der Waals surface area contributed by atoms with Crippen LogP contribution in [0.1, 0.15) is 278 Å². The molecule has 0 rings (SSSR count). The van der Waals surface area contributed by atoms with Gasteiger partial charge in [0.2, 0.25) is 0 Å². The van der Waals surface area contributed by atoms with Gasteiger partial charge in [-0.3, -0.25) is 14.4 Å². The summed E-state index contributed by atoms with van der Waals surface area (Å²) in [5.74, 6) is -1.01. The summed E-state index contributed by atoms with van der Waals surface area (Å²) in [4.78, 5) is 38.2. The van der Waals surface area contributed by atoms with Crippen molar-refractivity contribution >= 4 is 17.9 Å². The van der Waals surface area contributed by atoms with E-state index in [1.54, 1.807) is 0 Å². The molecule has 1 atom stereocenters. The van der Waals surface area contributed by atoms with Crippen molar-refractivity contribution in [2.24, 2.45) is 0 Å². The Morgan fingerprint density at radius 3 is 0.901 bits per heavy atom. The molecule has 0 bridgehead atoms. The Hall–Kier alpha value is -3.67. The number of ether oxygens (including phenoxy) is 3. The first-order valence-electron chi connectivity index (χ1n) is 29.7. The SMILES string of the molecule is CCCCC/C=C\C/C=C\C/C=C\C/C=C\CCCC(=O)O[C@H](COC(=O)CCCC/C=C\C/C=C\C/C=C\CCCCC)COC(=O)CCCCCCCCCCCCC/C=C\CCCCCCCC. The second-order valence-corrected chi connectivity index (χ2v) is 19.5. The number of hydrogen-bond acceptors (Lipinski definition) is 6. The molecule has 0 aliphatic rings. The minimum atomic E-state index is -0.823. The highest BCUT2D eigenvalue weighted by molar-refractivity contribution is 5.71. The lowest BCUT2D eigenvalue weighted by Gasteiger charge is -2.18. The zero-order valence-electron chi connectivity index (χ0n) is 46.5. The van der Waals surface area contributed by atoms with Gasteiger partial charge in [0.15, 0.2) is 6.10 Å². The van der Waals surface area contributed by atoms with Crippen LogP contribution in [0.15, 0.2) is 97.2 Å². The molecule has 0 radical (unpaired) electrons. The zero-order valence-corrected chi connectivity index (χ0v) is 46.5. The number of hydrogen-bond donors (Lipinski definition) is 0. The fourth-order valence-electron chi connectivity index (χ4n) is 8.02. The van der Waals surface area contributed by atoms with Gasteiger partial charge in [-0.2, -0.15) is 0 Å². The second kappa shape index (κ2) is 58.9. The lowest BCUT2D eigenvalue weighted by Crippen LogP contribution is -2.30. The molecular weight excluding hydrogens is 877 g/mol. The Bertz CT molecular complexity index is 1410. The third-order valence-electron chi connectivity index (χ3n) is 12.5. The maximum absolute atomic E-state index is 12.8. The summed E-state index contributed by atoms with van der Waals surface area (Å²) in [5.41, 5.74) is 0. The molecule has 0 heterocycles. The van der Waals surface area contributed by atoms with E-state index in [0.717, 1.165) is 77.0 Å². The molecule has 0 aromatic carbocycles. The van der Waals surface area contributed by atoms with Gasteiger partial charge in [0.05, 0.1) is 0 Å². The van der Waals surface area contributed by atoms with Crippen LogP contribution in [0.4, 0.5) is 0 Å². The molecule has 0 aliphatic carbocycles. The quantitative estimate of drug-likeness (QED) is 0.0261. The van der Waals surface area contributed by atoms with Crippen molar-refractivity contribution in [3.8, 4) is 0 Å². The highest BCUT2D eigenvalue weighted by atomic mass is 16.6. The largest absolute Gasteiger partial charge is 0.462 e. The first-order valence-corrected chi connectivity index (χ1v) is 29.7. The van der Waals surface area contributed by atoms with E-state index in [-0.39, 0.29) is 37.5 Å². The van der Waals surface area contributed by atoms with Crippen LogP contribution in [-0.2, 0) is 28.6 Å². The molecular formula is C65H110O6. The number of carbonyl (C=O) groups is 3. The van der Waals surface area contributed by atoms with Crippen LogP contribution in [0.3, 0.4) is 0 Å². The summed E-state index contributed by atoms with van der Waals surface area (Å²) in [7, 11) is 0. The van der Waals surface area contributed by atoms with E-state index in [9.17, 15) is 14.4 Å². The van der Waals surface area contributed by atoms with E-state index < -0.39 is 6.10 Å². The third kappa shape index (κ3) is 57.1. The van der Waals surface area contributed by atoms with Crippen LogP contribution in [0.25, 0.3) is 0 Å². The zero-order chi connectivity index (χ0) is 51.4. The fourth-order valence-corrected chi connectivity index (χ4v) is 8.02. The van der Waals surface area contributed by atoms with Gasteiger partial charge < -0.3 is 14.2 Å². The minimum Gasteiger partial charge on any atom is -0.462 e. The lowest BCUT2D eigenvalue weighted by molar-refractivity contribution is -0.167. The second-order valence-electron chi connectivity index (χ2n) is 19.5. The normalized spacial score (nSPS) is 12.8. The van der Waals surface area contributed by atoms with Crippen LogP contribution in [0.5, 0.6) is 0 Å². The first-order chi connectivity index (χ1) is 35.0. The number of unbranched alkanes of at least 4 members (excludes halogenated alkanes) is 26. The Morgan fingerprint density at radius 1 is 0.282 bits per heavy atom. The molecule has 0 fully saturated rings. The fraction of sp³-hybridized carbons (Fsp3) is 0.708. The van der Waals surface area contributed by atoms with Gasteiger partial charge >= 0.3 is 17.9 Å². The van der Waals surface area contributed by atoms with Crippen LogP contribution in [0.2, 0.25) is 0 Å². The number of esters is 3. The topological polar surface area (TPSA) is 78.9 Å². The summed E-state index contributed by atoms with van der Waals surface area (Å²) in [6, 6.07) is 0. The molecule has 0 saturated carbocycles. The summed E-state index contributed by atoms with van der Waals surface area (Å²) in [6.45, 7) is 6.51. The molecule has 0 aromatic heterocycles. The molecule has 406 valence electrons. The van der Waals surface area contributed by atoms with E-state index in [2.05, 4.69) is 118 Å². The number of rotatable bonds is 53. The van der Waals surface area contributed by atoms with Crippen LogP contribution in [-0.4, -0.2) is 37.2 Å². The van der Waals surface area contributed by atoms with Crippen LogP contribution in [0, 0.1) is 0 Å². The Labute approximate surface area is 438 Å². The third-order valence-corrected chi connectivity index (χ3v) is 12.5. The van der Waals surface area contributed by atoms with Crippen LogP contribution >= 0.6 is 0 Å². The van der Waals surface area contributed by atoms with E-state index >= 15 is 0 Å². The van der Waals surface area contributed by atoms with E-state index in [1.807, 2.05) is 0 Å². The van der Waals surface area contributed by atoms with Gasteiger partial charge in [-0.25, -0.2) is 0 Å². The monoisotopic (exact) mass is 987 g/mol. The van der Waals surface area contributed by atoms with Gasteiger partial charge in [0.25, 0.3) is 0 Å². The van der Waals surface area contributed by atoms with E-state index in [4.69, 9.17) is 14.2 Å². The molecule has 0 unspecified atom stereocenters. The highest BCUT2D eigenvalue weighted by Crippen LogP contribution is 2.15. The van der Waals surface area contributed by atoms with Crippen molar-refractivity contribution in [3.05, 3.63) is 97.2 Å². The molecule has 0 amide bonds. The summed E-state index contributed by atoms with van der Waals surface area (Å²) < 4.78 is 16.8. The molecule has 71 heavy (non-hydrogen) atoms. The maximum Gasteiger partial charge on any atom is 0.306 e. The highest BCUT2D eigenvalue weighted by Gasteiger charge is 2.19. The molecule has 0 aromatic rings. The van der Waals surface area contributed by atoms with Gasteiger partial charge in [0.1, 0.15) is 13.2 Å². The number of allylic oxidation sites excluding steroid dienone is 16. The maximum atomic E-state index is 12.8. The van der Waals surface area contributed by atoms with Crippen LogP contribution < -0.4 is 0 Å². The summed E-state index contributed by atoms with van der Waals surface area (Å²) in [5, 5.41) is 0.